The van der Waals surface area contributed by atoms with Crippen molar-refractivity contribution in [1.29, 1.82) is 0 Å². The quantitative estimate of drug-likeness (QED) is 0.818. The molecule has 1 saturated heterocycles. The Morgan fingerprint density at radius 3 is 2.85 bits per heavy atom. The predicted octanol–water partition coefficient (Wildman–Crippen LogP) is 1.57. The molecular weight excluding hydrogens is 257 g/mol. The first-order valence-electron chi connectivity index (χ1n) is 7.36. The Morgan fingerprint density at radius 1 is 1.20 bits per heavy atom. The van der Waals surface area contributed by atoms with Crippen molar-refractivity contribution in [2.45, 2.75) is 31.3 Å². The molecule has 2 N–H and O–H groups in total. The fourth-order valence-electron chi connectivity index (χ4n) is 3.25. The van der Waals surface area contributed by atoms with Crippen LogP contribution in [0.4, 0.5) is 10.1 Å². The second kappa shape index (κ2) is 4.45. The van der Waals surface area contributed by atoms with Crippen LogP contribution in [0.3, 0.4) is 0 Å². The van der Waals surface area contributed by atoms with Crippen molar-refractivity contribution in [3.05, 3.63) is 29.1 Å². The van der Waals surface area contributed by atoms with Crippen LogP contribution < -0.4 is 15.5 Å². The molecule has 4 rings (SSSR count). The fourth-order valence-corrected chi connectivity index (χ4v) is 3.25. The third kappa shape index (κ3) is 1.88. The van der Waals surface area contributed by atoms with Gasteiger partial charge in [0, 0.05) is 13.1 Å². The van der Waals surface area contributed by atoms with Gasteiger partial charge in [-0.2, -0.15) is 0 Å². The molecule has 0 bridgehead atoms. The molecule has 4 nitrogen and oxygen atoms in total. The van der Waals surface area contributed by atoms with E-state index in [0.29, 0.717) is 5.92 Å². The van der Waals surface area contributed by atoms with Crippen molar-refractivity contribution in [3.63, 3.8) is 0 Å². The molecule has 1 atom stereocenters. The molecule has 20 heavy (non-hydrogen) atoms. The summed E-state index contributed by atoms with van der Waals surface area (Å²) in [4.78, 5) is 14.3. The van der Waals surface area contributed by atoms with Gasteiger partial charge in [0.15, 0.2) is 0 Å². The lowest BCUT2D eigenvalue weighted by atomic mass is 10.0. The number of benzene rings is 1. The minimum absolute atomic E-state index is 0.0150. The molecule has 1 saturated carbocycles. The molecule has 106 valence electrons. The first-order valence-corrected chi connectivity index (χ1v) is 7.36. The van der Waals surface area contributed by atoms with Gasteiger partial charge in [0.05, 0.1) is 11.3 Å². The summed E-state index contributed by atoms with van der Waals surface area (Å²) in [6.07, 6.45) is 3.10. The Balaban J connectivity index is 1.82. The van der Waals surface area contributed by atoms with Crippen molar-refractivity contribution < 1.29 is 9.18 Å². The number of nitrogens with zero attached hydrogens (tertiary/aromatic N) is 1. The van der Waals surface area contributed by atoms with Crippen LogP contribution in [-0.2, 0) is 0 Å². The third-order valence-corrected chi connectivity index (χ3v) is 4.47. The summed E-state index contributed by atoms with van der Waals surface area (Å²) >= 11 is 0. The topological polar surface area (TPSA) is 44.4 Å². The van der Waals surface area contributed by atoms with E-state index in [1.54, 1.807) is 6.07 Å². The summed E-state index contributed by atoms with van der Waals surface area (Å²) in [5.41, 5.74) is 2.05. The second-order valence-electron chi connectivity index (χ2n) is 5.89. The van der Waals surface area contributed by atoms with Crippen molar-refractivity contribution in [1.82, 2.24) is 10.6 Å². The maximum atomic E-state index is 14.3. The average molecular weight is 275 g/mol. The van der Waals surface area contributed by atoms with Crippen molar-refractivity contribution >= 4 is 11.6 Å². The summed E-state index contributed by atoms with van der Waals surface area (Å²) in [6.45, 7) is 2.54. The van der Waals surface area contributed by atoms with Gasteiger partial charge < -0.3 is 15.5 Å². The minimum atomic E-state index is -0.377. The van der Waals surface area contributed by atoms with Gasteiger partial charge in [0.1, 0.15) is 12.0 Å². The van der Waals surface area contributed by atoms with E-state index < -0.39 is 0 Å². The standard InChI is InChI=1S/C15H18FN3O/c16-11-7-10(9-1-2-9)8-12-14(11)15(20)18-13-3-4-17-5-6-19(12)13/h7-9,13,17H,1-6H2,(H,18,20). The molecule has 0 radical (unpaired) electrons. The van der Waals surface area contributed by atoms with Crippen molar-refractivity contribution in [3.8, 4) is 0 Å². The van der Waals surface area contributed by atoms with Gasteiger partial charge in [0.25, 0.3) is 5.91 Å². The number of nitrogens with one attached hydrogen (secondary N) is 2. The SMILES string of the molecule is O=C1NC2CCNCCN2c2cc(C3CC3)cc(F)c21. The third-order valence-electron chi connectivity index (χ3n) is 4.47. The van der Waals surface area contributed by atoms with E-state index in [2.05, 4.69) is 15.5 Å². The molecule has 1 aromatic rings. The maximum Gasteiger partial charge on any atom is 0.257 e. The second-order valence-corrected chi connectivity index (χ2v) is 5.89. The van der Waals surface area contributed by atoms with Gasteiger partial charge in [-0.15, -0.1) is 0 Å². The molecule has 2 fully saturated rings. The lowest BCUT2D eigenvalue weighted by Gasteiger charge is -2.38. The van der Waals surface area contributed by atoms with Gasteiger partial charge in [-0.25, -0.2) is 4.39 Å². The van der Waals surface area contributed by atoms with E-state index in [9.17, 15) is 9.18 Å². The normalized spacial score (nSPS) is 25.6. The summed E-state index contributed by atoms with van der Waals surface area (Å²) in [6, 6.07) is 3.58. The first-order chi connectivity index (χ1) is 9.74. The molecule has 1 aliphatic carbocycles. The summed E-state index contributed by atoms with van der Waals surface area (Å²) in [5.74, 6) is -0.163. The number of hydrogen-bond acceptors (Lipinski definition) is 3. The van der Waals surface area contributed by atoms with Crippen LogP contribution in [0.2, 0.25) is 0 Å². The monoisotopic (exact) mass is 275 g/mol. The number of hydrogen-bond donors (Lipinski definition) is 2. The zero-order chi connectivity index (χ0) is 13.7. The Labute approximate surface area is 117 Å². The van der Waals surface area contributed by atoms with E-state index in [0.717, 1.165) is 50.1 Å². The van der Waals surface area contributed by atoms with E-state index in [1.807, 2.05) is 6.07 Å². The van der Waals surface area contributed by atoms with E-state index in [1.165, 1.54) is 0 Å². The zero-order valence-corrected chi connectivity index (χ0v) is 11.3. The Hall–Kier alpha value is -1.62. The summed E-state index contributed by atoms with van der Waals surface area (Å²) in [7, 11) is 0. The van der Waals surface area contributed by atoms with Crippen molar-refractivity contribution in [2.75, 3.05) is 24.5 Å². The molecule has 1 unspecified atom stereocenters. The number of carbonyl (C=O) groups is 1. The number of amides is 1. The number of carbonyl (C=O) groups excluding carboxylic acids is 1. The van der Waals surface area contributed by atoms with Gasteiger partial charge >= 0.3 is 0 Å². The number of fused-ring (bicyclic) bond motifs is 3. The summed E-state index contributed by atoms with van der Waals surface area (Å²) in [5, 5.41) is 6.25. The van der Waals surface area contributed by atoms with Crippen LogP contribution in [0.25, 0.3) is 0 Å². The largest absolute Gasteiger partial charge is 0.349 e. The van der Waals surface area contributed by atoms with Crippen LogP contribution in [0.5, 0.6) is 0 Å². The highest BCUT2D eigenvalue weighted by atomic mass is 19.1. The fraction of sp³-hybridized carbons (Fsp3) is 0.533. The molecule has 5 heteroatoms. The van der Waals surface area contributed by atoms with E-state index >= 15 is 0 Å². The molecule has 2 heterocycles. The highest BCUT2D eigenvalue weighted by molar-refractivity contribution is 6.02. The number of anilines is 1. The van der Waals surface area contributed by atoms with E-state index in [4.69, 9.17) is 0 Å². The Kier molecular flexibility index (Phi) is 2.70. The molecular formula is C15H18FN3O. The van der Waals surface area contributed by atoms with Crippen LogP contribution in [0.1, 0.15) is 41.1 Å². The Bertz CT molecular complexity index is 570. The molecule has 0 spiro atoms. The average Bonchev–Trinajstić information content (AvgIpc) is 3.25. The first kappa shape index (κ1) is 12.1. The zero-order valence-electron chi connectivity index (χ0n) is 11.3. The predicted molar refractivity (Wildman–Crippen MR) is 74.5 cm³/mol. The molecule has 0 aromatic heterocycles. The van der Waals surface area contributed by atoms with Crippen molar-refractivity contribution in [2.24, 2.45) is 0 Å². The number of halogens is 1. The van der Waals surface area contributed by atoms with Crippen LogP contribution in [0, 0.1) is 5.82 Å². The van der Waals surface area contributed by atoms with Gasteiger partial charge in [-0.05, 0) is 49.4 Å². The smallest absolute Gasteiger partial charge is 0.257 e. The minimum Gasteiger partial charge on any atom is -0.349 e. The molecule has 1 amide bonds. The van der Waals surface area contributed by atoms with Crippen LogP contribution >= 0.6 is 0 Å². The highest BCUT2D eigenvalue weighted by Crippen LogP contribution is 2.43. The van der Waals surface area contributed by atoms with Crippen LogP contribution in [-0.4, -0.2) is 31.7 Å². The maximum absolute atomic E-state index is 14.3. The molecule has 3 aliphatic rings. The lowest BCUT2D eigenvalue weighted by molar-refractivity contribution is 0.0922. The van der Waals surface area contributed by atoms with Crippen LogP contribution in [0.15, 0.2) is 12.1 Å². The van der Waals surface area contributed by atoms with Gasteiger partial charge in [-0.1, -0.05) is 0 Å². The van der Waals surface area contributed by atoms with Gasteiger partial charge in [-0.3, -0.25) is 4.79 Å². The number of rotatable bonds is 1. The van der Waals surface area contributed by atoms with Gasteiger partial charge in [0.2, 0.25) is 0 Å². The Morgan fingerprint density at radius 2 is 2.05 bits per heavy atom. The molecule has 2 aliphatic heterocycles. The lowest BCUT2D eigenvalue weighted by Crippen LogP contribution is -2.53. The molecule has 1 aromatic carbocycles. The summed E-state index contributed by atoms with van der Waals surface area (Å²) < 4.78 is 14.3. The highest BCUT2D eigenvalue weighted by Gasteiger charge is 2.35. The van der Waals surface area contributed by atoms with E-state index in [-0.39, 0.29) is 23.5 Å².